The second-order valence-electron chi connectivity index (χ2n) is 15.7. The monoisotopic (exact) mass is 1080 g/mol. The van der Waals surface area contributed by atoms with E-state index in [9.17, 15) is 14.4 Å². The second kappa shape index (κ2) is 46.8. The topological polar surface area (TPSA) is 150 Å². The molecule has 378 valence electrons. The average molecular weight is 1090 g/mol. The number of hydrogen-bond donors (Lipinski definition) is 0. The first-order chi connectivity index (χ1) is 39.2. The maximum Gasteiger partial charge on any atom is 0.508 e. The van der Waals surface area contributed by atoms with Gasteiger partial charge in [-0.25, -0.2) is 4.79 Å². The number of epoxide rings is 2. The molecule has 0 radical (unpaired) electrons. The van der Waals surface area contributed by atoms with E-state index in [1.54, 1.807) is 20.8 Å². The standard InChI is InChI=1S/C9H20O2Si.C8H18O3Si.C8H16OSi.C6H14O2Si.C5H12O2Si.C3H8O2Si.C3H12OSi2/c1-2-9(7-11-8-9)6-10-4-3-5-12;1-8(2,3)11-7(9)10-5-4-6-12;10-4-3-6-1-2-7-8(5-6)9-7;9-3-1-2-7-4-6-5-8-6;1-5(6)7-3-2-4-8;1-3(4)5-2-6;5-3-1-2-4-6/h2-8H2,1,12H3;4-6H2,1-3,12H3;6-8H,1-5H2,10H3;6H,1-5H2,9H3;2-4H2,1,8H3;2H2,1,6H3;1-3H2,5-6H3/i2*12T3;10T3;9T3;8T3;6T3;5T3,6T3. The molecule has 13 nitrogen and oxygen atoms in total. The second-order valence-corrected chi connectivity index (χ2v) is 19.2. The molecule has 0 bridgehead atoms. The van der Waals surface area contributed by atoms with Gasteiger partial charge < -0.3 is 47.1 Å². The molecule has 1 aliphatic carbocycles. The van der Waals surface area contributed by atoms with Crippen molar-refractivity contribution in [2.75, 3.05) is 72.3 Å². The molecule has 0 amide bonds. The average Bonchev–Trinajstić information content (AvgIpc) is 4.44. The van der Waals surface area contributed by atoms with Crippen molar-refractivity contribution in [3.8, 4) is 0 Å². The van der Waals surface area contributed by atoms with Crippen molar-refractivity contribution in [1.82, 2.24) is 0 Å². The number of carbonyl (C=O) groups excluding carboxylic acids is 3. The van der Waals surface area contributed by atoms with Crippen molar-refractivity contribution in [1.29, 1.82) is 29.6 Å². The van der Waals surface area contributed by atoms with Crippen LogP contribution in [0.5, 0.6) is 0 Å². The van der Waals surface area contributed by atoms with Gasteiger partial charge in [-0.2, -0.15) is 0 Å². The van der Waals surface area contributed by atoms with Gasteiger partial charge in [0, 0.05) is 129 Å². The maximum atomic E-state index is 11.0. The minimum Gasteiger partial charge on any atom is -0.471 e. The molecular formula is C42H100O13Si8. The molecule has 4 atom stereocenters. The number of hydrogen-bond acceptors (Lipinski definition) is 13. The van der Waals surface area contributed by atoms with Crippen LogP contribution < -0.4 is 0 Å². The Labute approximate surface area is 438 Å². The predicted molar refractivity (Wildman–Crippen MR) is 288 cm³/mol. The van der Waals surface area contributed by atoms with Gasteiger partial charge in [0.25, 0.3) is 0 Å². The van der Waals surface area contributed by atoms with Crippen LogP contribution in [0.1, 0.15) is 106 Å². The third kappa shape index (κ3) is 51.0. The lowest BCUT2D eigenvalue weighted by atomic mass is 9.84. The zero-order valence-electron chi connectivity index (χ0n) is 63.2. The van der Waals surface area contributed by atoms with E-state index in [-0.39, 0.29) is 61.7 Å². The Balaban J connectivity index is -0.000000952. The summed E-state index contributed by atoms with van der Waals surface area (Å²) >= 11 is 0. The van der Waals surface area contributed by atoms with E-state index in [0.29, 0.717) is 94.8 Å². The summed E-state index contributed by atoms with van der Waals surface area (Å²) in [5.74, 6) is -0.243. The fourth-order valence-electron chi connectivity index (χ4n) is 4.79. The van der Waals surface area contributed by atoms with Crippen LogP contribution in [0, 0.1) is 11.3 Å². The quantitative estimate of drug-likeness (QED) is 0.0277. The van der Waals surface area contributed by atoms with Gasteiger partial charge in [-0.05, 0) is 84.5 Å². The van der Waals surface area contributed by atoms with E-state index in [1.807, 2.05) is 0 Å². The summed E-state index contributed by atoms with van der Waals surface area (Å²) < 4.78 is 217. The molecule has 4 aliphatic rings. The van der Waals surface area contributed by atoms with Gasteiger partial charge in [-0.15, -0.1) is 0 Å². The molecule has 0 aromatic rings. The van der Waals surface area contributed by atoms with Gasteiger partial charge in [-0.3, -0.25) is 9.59 Å². The summed E-state index contributed by atoms with van der Waals surface area (Å²) in [6.45, 7) is 15.1. The smallest absolute Gasteiger partial charge is 0.471 e. The molecule has 3 heterocycles. The van der Waals surface area contributed by atoms with Crippen LogP contribution in [0.4, 0.5) is 4.79 Å². The summed E-state index contributed by atoms with van der Waals surface area (Å²) in [6.07, 6.45) is 8.19. The van der Waals surface area contributed by atoms with Crippen molar-refractivity contribution in [3.05, 3.63) is 0 Å². The molecule has 3 aliphatic heterocycles. The lowest BCUT2D eigenvalue weighted by Crippen LogP contribution is -2.45. The van der Waals surface area contributed by atoms with Gasteiger partial charge in [0.2, 0.25) is 0 Å². The molecule has 4 fully saturated rings. The van der Waals surface area contributed by atoms with E-state index in [4.69, 9.17) is 62.8 Å². The Hall–Kier alpha value is -0.295. The van der Waals surface area contributed by atoms with Gasteiger partial charge in [0.05, 0.1) is 74.7 Å². The van der Waals surface area contributed by atoms with Gasteiger partial charge in [-0.1, -0.05) is 49.6 Å². The SMILES string of the molecule is [3H][Si]([3H])([3H])CCC1CCC2OC2C1.[3H][Si]([3H])([3H])CCCOC(=O)OC(C)(C)C.[3H][Si]([3H])([3H])CCCOC(C)=O.[3H][Si]([3H])([3H])CCCOCC1(CC)COC1.[3H][Si]([3H])([3H])CCCOCC1CO1.[3H][Si]([3H])([3H])CCCO[Si]([3H])([3H])[3H].[3H][Si]([3H])([3H])COC(C)=O. The highest BCUT2D eigenvalue weighted by molar-refractivity contribution is 6.09. The molecule has 4 rings (SSSR count). The Morgan fingerprint density at radius 2 is 1.29 bits per heavy atom. The van der Waals surface area contributed by atoms with Gasteiger partial charge in [0.15, 0.2) is 0 Å². The first kappa shape index (κ1) is 34.1. The van der Waals surface area contributed by atoms with Crippen LogP contribution in [-0.2, 0) is 56.6 Å². The van der Waals surface area contributed by atoms with Crippen LogP contribution in [-0.4, -0.2) is 225 Å². The first-order valence-corrected chi connectivity index (χ1v) is 27.4. The zero-order chi connectivity index (χ0) is 68.2. The van der Waals surface area contributed by atoms with Crippen LogP contribution in [0.3, 0.4) is 0 Å². The third-order valence-electron chi connectivity index (χ3n) is 8.53. The van der Waals surface area contributed by atoms with Crippen molar-refractivity contribution >= 4 is 98.7 Å². The molecule has 21 heteroatoms. The van der Waals surface area contributed by atoms with Crippen molar-refractivity contribution in [2.45, 2.75) is 166 Å². The number of carbonyl (C=O) groups is 3. The summed E-state index contributed by atoms with van der Waals surface area (Å²) in [6, 6.07) is 1.82. The fraction of sp³-hybridized carbons (Fsp3) is 0.929. The highest BCUT2D eigenvalue weighted by Crippen LogP contribution is 2.40. The Bertz CT molecular complexity index is 1800. The minimum atomic E-state index is -3.67. The normalized spacial score (nSPS) is 26.5. The molecular weight excluding hydrogens is 937 g/mol. The van der Waals surface area contributed by atoms with E-state index in [2.05, 4.69) is 20.8 Å². The number of esters is 2. The summed E-state index contributed by atoms with van der Waals surface area (Å²) in [7, 11) is -26.0. The Kier molecular flexibility index (Phi) is 25.3. The fourth-order valence-corrected chi connectivity index (χ4v) is 6.27. The van der Waals surface area contributed by atoms with Crippen LogP contribution in [0.15, 0.2) is 0 Å². The molecule has 0 spiro atoms. The molecule has 3 saturated heterocycles. The molecule has 4 unspecified atom stereocenters. The maximum absolute atomic E-state index is 11.0. The molecule has 1 saturated carbocycles. The van der Waals surface area contributed by atoms with Crippen molar-refractivity contribution in [2.24, 2.45) is 11.3 Å². The number of fused-ring (bicyclic) bond motifs is 1. The van der Waals surface area contributed by atoms with Crippen molar-refractivity contribution < 1.29 is 61.4 Å². The van der Waals surface area contributed by atoms with Crippen molar-refractivity contribution in [3.63, 3.8) is 0 Å². The zero-order valence-corrected chi connectivity index (χ0v) is 47.2. The lowest BCUT2D eigenvalue weighted by Gasteiger charge is -2.40. The number of rotatable bonds is 31. The predicted octanol–water partition coefficient (Wildman–Crippen LogP) is -0.928. The molecule has 0 N–H and O–H groups in total. The molecule has 63 heavy (non-hydrogen) atoms. The molecule has 0 aromatic heterocycles. The minimum absolute atomic E-state index is 0.0636. The van der Waals surface area contributed by atoms with Gasteiger partial charge in [0.1, 0.15) is 22.0 Å². The van der Waals surface area contributed by atoms with Crippen LogP contribution in [0.25, 0.3) is 0 Å². The van der Waals surface area contributed by atoms with Crippen LogP contribution >= 0.6 is 0 Å². The summed E-state index contributed by atoms with van der Waals surface area (Å²) in [4.78, 5) is 31.3. The highest BCUT2D eigenvalue weighted by Gasteiger charge is 2.43. The number of ether oxygens (including phenoxy) is 9. The van der Waals surface area contributed by atoms with Gasteiger partial charge >= 0.3 is 18.1 Å². The van der Waals surface area contributed by atoms with E-state index >= 15 is 0 Å². The third-order valence-corrected chi connectivity index (χ3v) is 10.9. The Morgan fingerprint density at radius 1 is 0.714 bits per heavy atom. The first-order valence-electron chi connectivity index (χ1n) is 34.0. The van der Waals surface area contributed by atoms with E-state index in [1.165, 1.54) is 20.3 Å². The summed E-state index contributed by atoms with van der Waals surface area (Å²) in [5, 5.41) is 0. The van der Waals surface area contributed by atoms with Crippen LogP contribution in [0.2, 0.25) is 36.3 Å². The largest absolute Gasteiger partial charge is 0.508 e. The molecule has 0 aromatic carbocycles. The van der Waals surface area contributed by atoms with E-state index < -0.39 is 98.3 Å². The summed E-state index contributed by atoms with van der Waals surface area (Å²) in [5.41, 5.74) is -0.354. The van der Waals surface area contributed by atoms with E-state index in [0.717, 1.165) is 45.5 Å². The lowest BCUT2D eigenvalue weighted by molar-refractivity contribution is -0.150. The Morgan fingerprint density at radius 3 is 1.75 bits per heavy atom. The highest BCUT2D eigenvalue weighted by atomic mass is 28.2.